The number of amides is 2. The van der Waals surface area contributed by atoms with Gasteiger partial charge in [0, 0.05) is 42.6 Å². The van der Waals surface area contributed by atoms with Gasteiger partial charge in [-0.25, -0.2) is 18.7 Å². The Labute approximate surface area is 265 Å². The second-order valence-electron chi connectivity index (χ2n) is 13.2. The molecule has 0 radical (unpaired) electrons. The van der Waals surface area contributed by atoms with Crippen LogP contribution in [0.3, 0.4) is 0 Å². The quantitative estimate of drug-likeness (QED) is 0.293. The third-order valence-corrected chi connectivity index (χ3v) is 10.0. The molecular formula is C34H39F2N7O3. The molecule has 1 aromatic carbocycles. The van der Waals surface area contributed by atoms with Crippen molar-refractivity contribution in [2.24, 2.45) is 18.9 Å². The molecule has 3 aromatic heterocycles. The number of likely N-dealkylation sites (tertiary alicyclic amines) is 1. The Morgan fingerprint density at radius 3 is 2.74 bits per heavy atom. The second-order valence-corrected chi connectivity index (χ2v) is 13.2. The molecule has 1 saturated heterocycles. The van der Waals surface area contributed by atoms with Crippen molar-refractivity contribution in [2.45, 2.75) is 76.9 Å². The largest absolute Gasteiger partial charge is 0.494 e. The molecule has 0 unspecified atom stereocenters. The summed E-state index contributed by atoms with van der Waals surface area (Å²) in [6.07, 6.45) is 2.79. The van der Waals surface area contributed by atoms with Gasteiger partial charge in [0.15, 0.2) is 5.82 Å². The van der Waals surface area contributed by atoms with Crippen LogP contribution in [0.1, 0.15) is 74.5 Å². The molecule has 5 heterocycles. The average Bonchev–Trinajstić information content (AvgIpc) is 3.62. The summed E-state index contributed by atoms with van der Waals surface area (Å²) in [6.45, 7) is 3.72. The summed E-state index contributed by atoms with van der Waals surface area (Å²) >= 11 is 0. The zero-order chi connectivity index (χ0) is 32.5. The number of hydrogen-bond acceptors (Lipinski definition) is 6. The van der Waals surface area contributed by atoms with E-state index < -0.39 is 12.5 Å². The van der Waals surface area contributed by atoms with Gasteiger partial charge in [0.05, 0.1) is 42.6 Å². The van der Waals surface area contributed by atoms with E-state index in [2.05, 4.69) is 5.32 Å². The fourth-order valence-electron chi connectivity index (χ4n) is 7.24. The number of fused-ring (bicyclic) bond motifs is 3. The lowest BCUT2D eigenvalue weighted by atomic mass is 10.00. The molecule has 2 aliphatic heterocycles. The minimum absolute atomic E-state index is 0.0428. The van der Waals surface area contributed by atoms with E-state index in [0.29, 0.717) is 82.1 Å². The smallest absolute Gasteiger partial charge is 0.265 e. The number of carbonyl (C=O) groups excluding carboxylic acids is 2. The van der Waals surface area contributed by atoms with Crippen LogP contribution in [0.15, 0.2) is 30.3 Å². The highest BCUT2D eigenvalue weighted by Gasteiger charge is 2.43. The maximum Gasteiger partial charge on any atom is 0.265 e. The third-order valence-electron chi connectivity index (χ3n) is 10.0. The minimum Gasteiger partial charge on any atom is -0.494 e. The van der Waals surface area contributed by atoms with Crippen LogP contribution in [0.5, 0.6) is 5.75 Å². The van der Waals surface area contributed by atoms with E-state index >= 15 is 8.78 Å². The number of rotatable bonds is 3. The summed E-state index contributed by atoms with van der Waals surface area (Å²) in [7, 11) is 3.33. The summed E-state index contributed by atoms with van der Waals surface area (Å²) in [5, 5.41) is 12.0. The average molecular weight is 632 g/mol. The zero-order valence-electron chi connectivity index (χ0n) is 26.6. The fourth-order valence-corrected chi connectivity index (χ4v) is 7.24. The van der Waals surface area contributed by atoms with Crippen LogP contribution >= 0.6 is 0 Å². The molecule has 2 fully saturated rings. The van der Waals surface area contributed by atoms with Crippen LogP contribution in [0.4, 0.5) is 8.78 Å². The number of hydrogen-bond donors (Lipinski definition) is 2. The van der Waals surface area contributed by atoms with Crippen molar-refractivity contribution in [2.75, 3.05) is 13.7 Å². The lowest BCUT2D eigenvalue weighted by molar-refractivity contribution is -0.123. The Bertz CT molecular complexity index is 1900. The molecule has 7 rings (SSSR count). The number of pyridine rings is 1. The number of imidazole rings is 1. The van der Waals surface area contributed by atoms with Crippen molar-refractivity contribution in [3.8, 4) is 17.3 Å². The number of piperidine rings is 1. The summed E-state index contributed by atoms with van der Waals surface area (Å²) in [6, 6.07) is 8.21. The topological polar surface area (TPSA) is 118 Å². The molecular weight excluding hydrogens is 592 g/mol. The number of aryl methyl sites for hydroxylation is 1. The van der Waals surface area contributed by atoms with Crippen molar-refractivity contribution >= 4 is 39.6 Å². The standard InChI is InChI=1S/C34H39F2N7O3/c1-18-25-10-9-21-15-27(43(30(21)39-25)17-34(35,36)11-5-7-20-13-23(20)32(44)38-18)31-40-26-14-22(16-28(46-4)29(26)41(31)3)33(45)42-12-6-8-24(37)19(42)2/h9-10,14-16,18-20,23,37H,5-8,11-13,17H2,1-4H3,(H,38,44)/t18-,19-,20-,23-/m1/s1. The molecule has 0 spiro atoms. The lowest BCUT2D eigenvalue weighted by Crippen LogP contribution is -2.46. The Kier molecular flexibility index (Phi) is 7.36. The first-order valence-corrected chi connectivity index (χ1v) is 16.1. The molecule has 1 aliphatic carbocycles. The normalized spacial score (nSPS) is 25.0. The maximum absolute atomic E-state index is 15.7. The monoisotopic (exact) mass is 631 g/mol. The van der Waals surface area contributed by atoms with Crippen LogP contribution in [0.25, 0.3) is 33.6 Å². The van der Waals surface area contributed by atoms with E-state index in [1.54, 1.807) is 33.2 Å². The van der Waals surface area contributed by atoms with Crippen LogP contribution in [-0.4, -0.2) is 67.1 Å². The van der Waals surface area contributed by atoms with Gasteiger partial charge in [-0.3, -0.25) is 9.59 Å². The van der Waals surface area contributed by atoms with Gasteiger partial charge in [0.25, 0.3) is 11.8 Å². The highest BCUT2D eigenvalue weighted by molar-refractivity contribution is 6.02. The molecule has 2 N–H and O–H groups in total. The van der Waals surface area contributed by atoms with E-state index in [1.807, 2.05) is 32.0 Å². The number of ether oxygens (including phenoxy) is 1. The first kappa shape index (κ1) is 30.3. The van der Waals surface area contributed by atoms with Gasteiger partial charge in [-0.1, -0.05) is 0 Å². The molecule has 2 amide bonds. The van der Waals surface area contributed by atoms with Gasteiger partial charge in [-0.2, -0.15) is 0 Å². The van der Waals surface area contributed by atoms with E-state index in [4.69, 9.17) is 20.1 Å². The van der Waals surface area contributed by atoms with E-state index in [0.717, 1.165) is 12.8 Å². The number of methoxy groups -OCH3 is 1. The van der Waals surface area contributed by atoms with Crippen molar-refractivity contribution in [1.82, 2.24) is 29.3 Å². The molecule has 242 valence electrons. The van der Waals surface area contributed by atoms with Crippen LogP contribution in [0.2, 0.25) is 0 Å². The van der Waals surface area contributed by atoms with Gasteiger partial charge in [-0.05, 0) is 82.2 Å². The Hall–Kier alpha value is -4.35. The summed E-state index contributed by atoms with van der Waals surface area (Å²) in [5.41, 5.74) is 3.50. The summed E-state index contributed by atoms with van der Waals surface area (Å²) < 4.78 is 40.5. The summed E-state index contributed by atoms with van der Waals surface area (Å²) in [4.78, 5) is 37.9. The van der Waals surface area contributed by atoms with Crippen molar-refractivity contribution in [3.05, 3.63) is 41.6 Å². The third kappa shape index (κ3) is 5.21. The summed E-state index contributed by atoms with van der Waals surface area (Å²) in [5.74, 6) is -2.35. The van der Waals surface area contributed by atoms with E-state index in [-0.39, 0.29) is 42.2 Å². The fraction of sp³-hybridized carbons (Fsp3) is 0.500. The Balaban J connectivity index is 1.34. The van der Waals surface area contributed by atoms with Gasteiger partial charge < -0.3 is 29.5 Å². The predicted molar refractivity (Wildman–Crippen MR) is 170 cm³/mol. The number of carbonyl (C=O) groups is 2. The number of alkyl halides is 2. The first-order valence-electron chi connectivity index (χ1n) is 16.1. The molecule has 1 saturated carbocycles. The Morgan fingerprint density at radius 2 is 1.96 bits per heavy atom. The van der Waals surface area contributed by atoms with Gasteiger partial charge >= 0.3 is 0 Å². The zero-order valence-corrected chi connectivity index (χ0v) is 26.6. The van der Waals surface area contributed by atoms with Crippen molar-refractivity contribution in [1.29, 1.82) is 5.41 Å². The number of nitrogens with one attached hydrogen (secondary N) is 2. The molecule has 46 heavy (non-hydrogen) atoms. The SMILES string of the molecule is COc1cc(C(=O)N2CCCC(=N)[C@H]2C)cc2nc(-c3cc4ccc5nc4n3CC(F)(F)CCC[C@@H]3C[C@H]3C(=O)N[C@@H]5C)n(C)c12. The second kappa shape index (κ2) is 11.2. The van der Waals surface area contributed by atoms with E-state index in [1.165, 1.54) is 7.11 Å². The highest BCUT2D eigenvalue weighted by Crippen LogP contribution is 2.44. The molecule has 4 atom stereocenters. The minimum atomic E-state index is -3.01. The van der Waals surface area contributed by atoms with Gasteiger partial charge in [0.2, 0.25) is 5.91 Å². The molecule has 3 aliphatic rings. The number of nitrogens with zero attached hydrogens (tertiary/aromatic N) is 5. The van der Waals surface area contributed by atoms with Crippen LogP contribution in [-0.2, 0) is 18.4 Å². The Morgan fingerprint density at radius 1 is 1.15 bits per heavy atom. The maximum atomic E-state index is 15.7. The molecule has 12 heteroatoms. The lowest BCUT2D eigenvalue weighted by Gasteiger charge is -2.34. The number of benzene rings is 1. The molecule has 4 aromatic rings. The molecule has 10 nitrogen and oxygen atoms in total. The van der Waals surface area contributed by atoms with Gasteiger partial charge in [-0.15, -0.1) is 0 Å². The highest BCUT2D eigenvalue weighted by atomic mass is 19.3. The van der Waals surface area contributed by atoms with Crippen LogP contribution in [0, 0.1) is 17.2 Å². The number of aromatic nitrogens is 4. The predicted octanol–water partition coefficient (Wildman–Crippen LogP) is 5.88. The van der Waals surface area contributed by atoms with Gasteiger partial charge in [0.1, 0.15) is 16.9 Å². The van der Waals surface area contributed by atoms with Crippen LogP contribution < -0.4 is 10.1 Å². The van der Waals surface area contributed by atoms with Crippen molar-refractivity contribution < 1.29 is 23.1 Å². The van der Waals surface area contributed by atoms with E-state index in [9.17, 15) is 9.59 Å². The van der Waals surface area contributed by atoms with Crippen molar-refractivity contribution in [3.63, 3.8) is 0 Å². The first-order chi connectivity index (χ1) is 22.0. The number of halogens is 2. The molecule has 2 bridgehead atoms.